The van der Waals surface area contributed by atoms with Gasteiger partial charge < -0.3 is 14.8 Å². The van der Waals surface area contributed by atoms with Gasteiger partial charge in [-0.2, -0.15) is 0 Å². The third-order valence-electron chi connectivity index (χ3n) is 6.73. The Morgan fingerprint density at radius 2 is 1.94 bits per heavy atom. The molecule has 7 nitrogen and oxygen atoms in total. The molecule has 1 unspecified atom stereocenters. The smallest absolute Gasteiger partial charge is 0.256 e. The maximum absolute atomic E-state index is 13.7. The lowest BCUT2D eigenvalue weighted by Gasteiger charge is -2.39. The summed E-state index contributed by atoms with van der Waals surface area (Å²) in [6, 6.07) is 13.4. The molecule has 6 rings (SSSR count). The third-order valence-corrected chi connectivity index (χ3v) is 7.68. The number of nitrogens with zero attached hydrogens (tertiary/aromatic N) is 1. The van der Waals surface area contributed by atoms with E-state index in [0.717, 1.165) is 33.6 Å². The molecule has 1 aliphatic carbocycles. The van der Waals surface area contributed by atoms with Crippen LogP contribution >= 0.6 is 11.3 Å². The van der Waals surface area contributed by atoms with Gasteiger partial charge in [0.1, 0.15) is 0 Å². The van der Waals surface area contributed by atoms with Gasteiger partial charge >= 0.3 is 0 Å². The first-order valence-electron chi connectivity index (χ1n) is 11.6. The topological polar surface area (TPSA) is 89.6 Å². The van der Waals surface area contributed by atoms with Gasteiger partial charge in [-0.05, 0) is 48.6 Å². The van der Waals surface area contributed by atoms with Crippen molar-refractivity contribution in [3.63, 3.8) is 0 Å². The molecule has 0 fully saturated rings. The Kier molecular flexibility index (Phi) is 4.96. The molecule has 3 aromatic rings. The van der Waals surface area contributed by atoms with Crippen LogP contribution in [0.25, 0.3) is 10.2 Å². The van der Waals surface area contributed by atoms with Crippen molar-refractivity contribution >= 4 is 38.4 Å². The van der Waals surface area contributed by atoms with Gasteiger partial charge in [0, 0.05) is 34.9 Å². The quantitative estimate of drug-likeness (QED) is 0.523. The number of nitrogens with one attached hydrogen (secondary N) is 2. The lowest BCUT2D eigenvalue weighted by Crippen LogP contribution is -2.39. The summed E-state index contributed by atoms with van der Waals surface area (Å²) >= 11 is 1.43. The molecule has 1 aromatic heterocycles. The van der Waals surface area contributed by atoms with Crippen LogP contribution in [-0.4, -0.2) is 23.5 Å². The van der Waals surface area contributed by atoms with Gasteiger partial charge in [0.05, 0.1) is 10.2 Å². The van der Waals surface area contributed by atoms with Crippen molar-refractivity contribution in [3.8, 4) is 11.5 Å². The molecule has 0 spiro atoms. The van der Waals surface area contributed by atoms with Crippen LogP contribution in [0.15, 0.2) is 65.0 Å². The second-order valence-electron chi connectivity index (χ2n) is 9.98. The van der Waals surface area contributed by atoms with E-state index in [1.54, 1.807) is 0 Å². The van der Waals surface area contributed by atoms with Gasteiger partial charge in [0.25, 0.3) is 5.91 Å². The van der Waals surface area contributed by atoms with E-state index in [4.69, 9.17) is 9.47 Å². The SMILES string of the molecule is CC1=C(C(=O)Nc2nc3ccccc3s2)C(c2ccc3c(c2)OCO3)C2=C(CC(C)(C)CC2=O)N1. The van der Waals surface area contributed by atoms with Crippen molar-refractivity contribution in [2.75, 3.05) is 12.1 Å². The van der Waals surface area contributed by atoms with Crippen molar-refractivity contribution in [2.24, 2.45) is 5.41 Å². The minimum Gasteiger partial charge on any atom is -0.454 e. The number of allylic oxidation sites excluding steroid dienone is 3. The van der Waals surface area contributed by atoms with E-state index < -0.39 is 5.92 Å². The Morgan fingerprint density at radius 3 is 2.77 bits per heavy atom. The normalized spacial score (nSPS) is 20.7. The second kappa shape index (κ2) is 7.95. The molecule has 2 N–H and O–H groups in total. The third kappa shape index (κ3) is 3.78. The van der Waals surface area contributed by atoms with Crippen molar-refractivity contribution in [2.45, 2.75) is 39.5 Å². The zero-order valence-corrected chi connectivity index (χ0v) is 20.5. The molecule has 0 radical (unpaired) electrons. The maximum Gasteiger partial charge on any atom is 0.256 e. The van der Waals surface area contributed by atoms with E-state index in [0.29, 0.717) is 34.2 Å². The fourth-order valence-electron chi connectivity index (χ4n) is 5.25. The highest BCUT2D eigenvalue weighted by Crippen LogP contribution is 2.48. The fraction of sp³-hybridized carbons (Fsp3) is 0.296. The average Bonchev–Trinajstić information content (AvgIpc) is 3.42. The molecule has 178 valence electrons. The number of carbonyl (C=O) groups excluding carboxylic acids is 2. The van der Waals surface area contributed by atoms with Crippen LogP contribution in [0.1, 0.15) is 45.1 Å². The molecule has 3 aliphatic rings. The van der Waals surface area contributed by atoms with Crippen molar-refractivity contribution in [1.82, 2.24) is 10.3 Å². The monoisotopic (exact) mass is 487 g/mol. The molecule has 0 saturated heterocycles. The predicted octanol–water partition coefficient (Wildman–Crippen LogP) is 5.27. The summed E-state index contributed by atoms with van der Waals surface area (Å²) in [7, 11) is 0. The van der Waals surface area contributed by atoms with Gasteiger partial charge in [0.2, 0.25) is 6.79 Å². The number of rotatable bonds is 3. The lowest BCUT2D eigenvalue weighted by atomic mass is 9.68. The highest BCUT2D eigenvalue weighted by atomic mass is 32.1. The standard InChI is InChI=1S/C27H25N3O4S/c1-14-22(25(32)30-26-29-16-6-4-5-7-21(16)35-26)23(15-8-9-19-20(10-15)34-13-33-19)24-17(28-14)11-27(2,3)12-18(24)31/h4-10,23,28H,11-13H2,1-3H3,(H,29,30,32). The molecule has 3 heterocycles. The van der Waals surface area contributed by atoms with Gasteiger partial charge in [-0.25, -0.2) is 4.98 Å². The predicted molar refractivity (Wildman–Crippen MR) is 134 cm³/mol. The van der Waals surface area contributed by atoms with Crippen LogP contribution in [0.3, 0.4) is 0 Å². The number of anilines is 1. The number of Topliss-reactive ketones (excluding diaryl/α,β-unsaturated/α-hetero) is 1. The van der Waals surface area contributed by atoms with E-state index in [2.05, 4.69) is 29.5 Å². The molecule has 1 amide bonds. The summed E-state index contributed by atoms with van der Waals surface area (Å²) in [6.07, 6.45) is 1.17. The van der Waals surface area contributed by atoms with Crippen LogP contribution in [0, 0.1) is 5.41 Å². The molecule has 0 bridgehead atoms. The molecule has 0 saturated carbocycles. The first-order chi connectivity index (χ1) is 16.8. The number of ketones is 1. The van der Waals surface area contributed by atoms with Crippen LogP contribution in [0.4, 0.5) is 5.13 Å². The Hall–Kier alpha value is -3.65. The largest absolute Gasteiger partial charge is 0.454 e. The first-order valence-corrected chi connectivity index (χ1v) is 12.4. The summed E-state index contributed by atoms with van der Waals surface area (Å²) in [5.74, 6) is 0.549. The van der Waals surface area contributed by atoms with E-state index in [1.807, 2.05) is 49.4 Å². The number of ether oxygens (including phenoxy) is 2. The second-order valence-corrected chi connectivity index (χ2v) is 11.0. The first kappa shape index (κ1) is 21.9. The van der Waals surface area contributed by atoms with E-state index in [9.17, 15) is 9.59 Å². The number of para-hydroxylation sites is 1. The number of carbonyl (C=O) groups is 2. The van der Waals surface area contributed by atoms with Crippen LogP contribution < -0.4 is 20.1 Å². The van der Waals surface area contributed by atoms with Crippen LogP contribution in [0.2, 0.25) is 0 Å². The molecule has 8 heteroatoms. The van der Waals surface area contributed by atoms with Gasteiger partial charge in [0.15, 0.2) is 22.4 Å². The average molecular weight is 488 g/mol. The fourth-order valence-corrected chi connectivity index (χ4v) is 6.11. The summed E-state index contributed by atoms with van der Waals surface area (Å²) in [5.41, 5.74) is 4.30. The molecule has 2 aromatic carbocycles. The minimum absolute atomic E-state index is 0.0594. The number of benzene rings is 2. The van der Waals surface area contributed by atoms with Gasteiger partial charge in [-0.3, -0.25) is 14.9 Å². The highest BCUT2D eigenvalue weighted by Gasteiger charge is 2.43. The highest BCUT2D eigenvalue weighted by molar-refractivity contribution is 7.22. The van der Waals surface area contributed by atoms with E-state index >= 15 is 0 Å². The Balaban J connectivity index is 1.44. The Bertz CT molecular complexity index is 1430. The van der Waals surface area contributed by atoms with E-state index in [1.165, 1.54) is 11.3 Å². The number of fused-ring (bicyclic) bond motifs is 2. The zero-order valence-electron chi connectivity index (χ0n) is 19.7. The molecule has 35 heavy (non-hydrogen) atoms. The van der Waals surface area contributed by atoms with Gasteiger partial charge in [-0.15, -0.1) is 0 Å². The number of aromatic nitrogens is 1. The zero-order chi connectivity index (χ0) is 24.3. The number of hydrogen-bond donors (Lipinski definition) is 2. The number of hydrogen-bond acceptors (Lipinski definition) is 7. The minimum atomic E-state index is -0.515. The summed E-state index contributed by atoms with van der Waals surface area (Å²) in [4.78, 5) is 31.8. The number of amides is 1. The number of dihydropyridines is 1. The maximum atomic E-state index is 13.7. The Morgan fingerprint density at radius 1 is 1.14 bits per heavy atom. The Labute approximate surface area is 206 Å². The number of thiazole rings is 1. The summed E-state index contributed by atoms with van der Waals surface area (Å²) in [5, 5.41) is 6.92. The molecular formula is C27H25N3O4S. The van der Waals surface area contributed by atoms with Crippen molar-refractivity contribution in [3.05, 3.63) is 70.6 Å². The molecule has 1 atom stereocenters. The summed E-state index contributed by atoms with van der Waals surface area (Å²) < 4.78 is 12.1. The van der Waals surface area contributed by atoms with Crippen LogP contribution in [0.5, 0.6) is 11.5 Å². The van der Waals surface area contributed by atoms with Crippen LogP contribution in [-0.2, 0) is 9.59 Å². The molecule has 2 aliphatic heterocycles. The summed E-state index contributed by atoms with van der Waals surface area (Å²) in [6.45, 7) is 6.25. The van der Waals surface area contributed by atoms with Crippen molar-refractivity contribution < 1.29 is 19.1 Å². The lowest BCUT2D eigenvalue weighted by molar-refractivity contribution is -0.118. The van der Waals surface area contributed by atoms with Crippen molar-refractivity contribution in [1.29, 1.82) is 0 Å². The van der Waals surface area contributed by atoms with Gasteiger partial charge in [-0.1, -0.05) is 43.4 Å². The molecular weight excluding hydrogens is 462 g/mol. The van der Waals surface area contributed by atoms with E-state index in [-0.39, 0.29) is 23.9 Å².